The second-order valence-corrected chi connectivity index (χ2v) is 10.2. The minimum Gasteiger partial charge on any atom is -0.378 e. The molecule has 8 nitrogen and oxygen atoms in total. The first kappa shape index (κ1) is 25.9. The molecule has 2 amide bonds. The first-order valence-corrected chi connectivity index (χ1v) is 13.3. The van der Waals surface area contributed by atoms with Crippen LogP contribution in [-0.4, -0.2) is 84.2 Å². The number of rotatable bonds is 5. The average molecular weight is 514 g/mol. The number of piperidine rings is 1. The smallest absolute Gasteiger partial charge is 0.272 e. The Bertz CT molecular complexity index is 1330. The Balaban J connectivity index is 1.29. The third-order valence-corrected chi connectivity index (χ3v) is 7.63. The van der Waals surface area contributed by atoms with E-state index < -0.39 is 0 Å². The number of aromatic amines is 1. The quantitative estimate of drug-likeness (QED) is 0.517. The zero-order valence-corrected chi connectivity index (χ0v) is 22.4. The van der Waals surface area contributed by atoms with E-state index in [2.05, 4.69) is 39.2 Å². The second kappa shape index (κ2) is 11.3. The van der Waals surface area contributed by atoms with Crippen molar-refractivity contribution in [2.75, 3.05) is 46.4 Å². The van der Waals surface area contributed by atoms with Gasteiger partial charge in [-0.3, -0.25) is 14.6 Å². The lowest BCUT2D eigenvalue weighted by molar-refractivity contribution is 0.0299. The van der Waals surface area contributed by atoms with Gasteiger partial charge in [0, 0.05) is 50.6 Å². The minimum absolute atomic E-state index is 0.0490. The number of morpholine rings is 1. The molecule has 2 aliphatic heterocycles. The van der Waals surface area contributed by atoms with Crippen molar-refractivity contribution in [3.8, 4) is 11.4 Å². The molecular weight excluding hydrogens is 478 g/mol. The number of carbonyl (C=O) groups is 2. The molecule has 0 saturated carbocycles. The molecule has 3 heterocycles. The lowest BCUT2D eigenvalue weighted by atomic mass is 9.88. The van der Waals surface area contributed by atoms with Crippen LogP contribution < -0.4 is 0 Å². The number of imidazole rings is 1. The molecule has 0 spiro atoms. The van der Waals surface area contributed by atoms with Crippen molar-refractivity contribution in [3.05, 3.63) is 76.1 Å². The Hall–Kier alpha value is -3.78. The third kappa shape index (κ3) is 5.41. The number of likely N-dealkylation sites (tertiary alicyclic amines) is 1. The van der Waals surface area contributed by atoms with Gasteiger partial charge in [-0.15, -0.1) is 0 Å². The van der Waals surface area contributed by atoms with E-state index in [9.17, 15) is 9.59 Å². The molecule has 0 atom stereocenters. The highest BCUT2D eigenvalue weighted by atomic mass is 16.5. The van der Waals surface area contributed by atoms with Crippen molar-refractivity contribution in [3.63, 3.8) is 0 Å². The van der Waals surface area contributed by atoms with Gasteiger partial charge in [0.05, 0.1) is 19.4 Å². The fraction of sp³-hybridized carbons (Fsp3) is 0.400. The Labute approximate surface area is 223 Å². The maximum atomic E-state index is 13.6. The van der Waals surface area contributed by atoms with Crippen LogP contribution >= 0.6 is 0 Å². The Morgan fingerprint density at radius 3 is 2.34 bits per heavy atom. The largest absolute Gasteiger partial charge is 0.378 e. The van der Waals surface area contributed by atoms with Gasteiger partial charge in [-0.2, -0.15) is 0 Å². The molecule has 3 aromatic rings. The molecule has 0 radical (unpaired) electrons. The molecule has 2 saturated heterocycles. The highest BCUT2D eigenvalue weighted by Gasteiger charge is 2.27. The molecule has 0 bridgehead atoms. The third-order valence-electron chi connectivity index (χ3n) is 7.63. The summed E-state index contributed by atoms with van der Waals surface area (Å²) in [4.78, 5) is 42.0. The van der Waals surface area contributed by atoms with Gasteiger partial charge in [0.15, 0.2) is 0 Å². The molecule has 38 heavy (non-hydrogen) atoms. The Morgan fingerprint density at radius 2 is 1.66 bits per heavy atom. The molecule has 2 aromatic carbocycles. The van der Waals surface area contributed by atoms with Gasteiger partial charge in [-0.25, -0.2) is 4.98 Å². The summed E-state index contributed by atoms with van der Waals surface area (Å²) in [5, 5.41) is 0. The number of hydrogen-bond donors (Lipinski definition) is 1. The number of hydrogen-bond acceptors (Lipinski definition) is 5. The van der Waals surface area contributed by atoms with Crippen molar-refractivity contribution in [1.29, 1.82) is 0 Å². The fourth-order valence-corrected chi connectivity index (χ4v) is 5.43. The van der Waals surface area contributed by atoms with Crippen LogP contribution in [0, 0.1) is 13.8 Å². The number of ether oxygens (including phenoxy) is 1. The van der Waals surface area contributed by atoms with Crippen molar-refractivity contribution in [2.24, 2.45) is 4.99 Å². The summed E-state index contributed by atoms with van der Waals surface area (Å²) in [6.45, 7) is 7.68. The van der Waals surface area contributed by atoms with E-state index in [-0.39, 0.29) is 11.8 Å². The lowest BCUT2D eigenvalue weighted by Gasteiger charge is -2.33. The van der Waals surface area contributed by atoms with Crippen molar-refractivity contribution in [1.82, 2.24) is 19.8 Å². The molecule has 1 N–H and O–H groups in total. The zero-order valence-electron chi connectivity index (χ0n) is 22.4. The lowest BCUT2D eigenvalue weighted by Crippen LogP contribution is -2.40. The number of nitrogens with zero attached hydrogens (tertiary/aromatic N) is 4. The van der Waals surface area contributed by atoms with Gasteiger partial charge < -0.3 is 19.5 Å². The second-order valence-electron chi connectivity index (χ2n) is 10.2. The summed E-state index contributed by atoms with van der Waals surface area (Å²) in [6, 6.07) is 12.5. The van der Waals surface area contributed by atoms with Crippen LogP contribution in [0.3, 0.4) is 0 Å². The Morgan fingerprint density at radius 1 is 0.974 bits per heavy atom. The van der Waals surface area contributed by atoms with Gasteiger partial charge >= 0.3 is 0 Å². The molecule has 1 aromatic heterocycles. The maximum Gasteiger partial charge on any atom is 0.272 e. The predicted molar refractivity (Wildman–Crippen MR) is 148 cm³/mol. The van der Waals surface area contributed by atoms with Crippen LogP contribution in [0.4, 0.5) is 0 Å². The predicted octanol–water partition coefficient (Wildman–Crippen LogP) is 4.23. The number of aliphatic imine (C=N–C) groups is 1. The van der Waals surface area contributed by atoms with Gasteiger partial charge in [0.25, 0.3) is 11.8 Å². The van der Waals surface area contributed by atoms with Crippen molar-refractivity contribution in [2.45, 2.75) is 32.6 Å². The molecule has 8 heteroatoms. The standard InChI is InChI=1S/C30H35N5O3/c1-20-16-21(2)26(17-25(20)28-32-19-27(33-28)30(37)35-12-14-38-15-13-35)29(36)34-10-8-24(9-11-34)23-6-4-22(5-7-23)18-31-3/h4-7,16-19,24H,8-15H2,1-3H3,(H,32,33). The summed E-state index contributed by atoms with van der Waals surface area (Å²) in [6.07, 6.45) is 5.32. The monoisotopic (exact) mass is 513 g/mol. The molecule has 2 fully saturated rings. The molecule has 0 aliphatic carbocycles. The van der Waals surface area contributed by atoms with Gasteiger partial charge in [0.2, 0.25) is 0 Å². The van der Waals surface area contributed by atoms with Crippen LogP contribution in [0.25, 0.3) is 11.4 Å². The molecule has 0 unspecified atom stereocenters. The highest BCUT2D eigenvalue weighted by molar-refractivity contribution is 5.97. The summed E-state index contributed by atoms with van der Waals surface area (Å²) in [5.74, 6) is 1.02. The van der Waals surface area contributed by atoms with Crippen molar-refractivity contribution >= 4 is 18.0 Å². The number of H-pyrrole nitrogens is 1. The van der Waals surface area contributed by atoms with Gasteiger partial charge in [0.1, 0.15) is 11.5 Å². The van der Waals surface area contributed by atoms with Crippen LogP contribution in [0.5, 0.6) is 0 Å². The zero-order chi connectivity index (χ0) is 26.6. The molecule has 198 valence electrons. The number of carbonyl (C=O) groups excluding carboxylic acids is 2. The van der Waals surface area contributed by atoms with Gasteiger partial charge in [-0.05, 0) is 60.9 Å². The first-order valence-electron chi connectivity index (χ1n) is 13.3. The van der Waals surface area contributed by atoms with Gasteiger partial charge in [-0.1, -0.05) is 30.3 Å². The topological polar surface area (TPSA) is 90.9 Å². The van der Waals surface area contributed by atoms with E-state index in [0.717, 1.165) is 48.2 Å². The number of nitrogens with one attached hydrogen (secondary N) is 1. The highest BCUT2D eigenvalue weighted by Crippen LogP contribution is 2.31. The SMILES string of the molecule is CN=Cc1ccc(C2CCN(C(=O)c3cc(-c4ncc(C(=O)N5CCOCC5)[nH]4)c(C)cc3C)CC2)cc1. The Kier molecular flexibility index (Phi) is 7.69. The van der Waals surface area contributed by atoms with E-state index in [1.165, 1.54) is 5.56 Å². The normalized spacial score (nSPS) is 16.8. The number of benzene rings is 2. The summed E-state index contributed by atoms with van der Waals surface area (Å²) >= 11 is 0. The summed E-state index contributed by atoms with van der Waals surface area (Å²) < 4.78 is 5.35. The molecular formula is C30H35N5O3. The average Bonchev–Trinajstić information content (AvgIpc) is 3.44. The molecule has 2 aliphatic rings. The van der Waals surface area contributed by atoms with Crippen LogP contribution in [0.15, 0.2) is 47.6 Å². The molecule has 5 rings (SSSR count). The number of aromatic nitrogens is 2. The van der Waals surface area contributed by atoms with Crippen LogP contribution in [0.1, 0.15) is 61.9 Å². The van der Waals surface area contributed by atoms with Crippen LogP contribution in [-0.2, 0) is 4.74 Å². The van der Waals surface area contributed by atoms with E-state index in [0.29, 0.717) is 49.3 Å². The van der Waals surface area contributed by atoms with E-state index in [1.54, 1.807) is 18.1 Å². The maximum absolute atomic E-state index is 13.6. The first-order chi connectivity index (χ1) is 18.4. The summed E-state index contributed by atoms with van der Waals surface area (Å²) in [7, 11) is 1.78. The number of aryl methyl sites for hydroxylation is 2. The number of amides is 2. The fourth-order valence-electron chi connectivity index (χ4n) is 5.43. The van der Waals surface area contributed by atoms with E-state index >= 15 is 0 Å². The summed E-state index contributed by atoms with van der Waals surface area (Å²) in [5.41, 5.74) is 6.35. The van der Waals surface area contributed by atoms with Crippen LogP contribution in [0.2, 0.25) is 0 Å². The minimum atomic E-state index is -0.0795. The van der Waals surface area contributed by atoms with E-state index in [4.69, 9.17) is 4.74 Å². The van der Waals surface area contributed by atoms with Crippen molar-refractivity contribution < 1.29 is 14.3 Å². The van der Waals surface area contributed by atoms with E-state index in [1.807, 2.05) is 37.1 Å².